The van der Waals surface area contributed by atoms with Gasteiger partial charge in [0, 0.05) is 34.9 Å². The van der Waals surface area contributed by atoms with Crippen LogP contribution in [0.25, 0.3) is 0 Å². The third-order valence-electron chi connectivity index (χ3n) is 5.06. The van der Waals surface area contributed by atoms with Crippen LogP contribution < -0.4 is 5.32 Å². The highest BCUT2D eigenvalue weighted by Crippen LogP contribution is 2.28. The summed E-state index contributed by atoms with van der Waals surface area (Å²) in [5.74, 6) is 0.838. The molecule has 152 valence electrons. The summed E-state index contributed by atoms with van der Waals surface area (Å²) in [7, 11) is 2.08. The van der Waals surface area contributed by atoms with Crippen molar-refractivity contribution in [1.29, 1.82) is 0 Å². The second-order valence-electron chi connectivity index (χ2n) is 7.29. The quantitative estimate of drug-likeness (QED) is 0.598. The molecule has 1 N–H and O–H groups in total. The standard InChI is InChI=1S/C25H25ClN4/c1-3-27-24-25(30(2)17-18-10-6-4-7-11-18)29-23(19-12-8-5-9-13-19)21-16-20(26)14-15-22(21)28-24/h4-16,25H,3,17H2,1-2H3,(H,27,28). The number of fused-ring (bicyclic) bond motifs is 1. The van der Waals surface area contributed by atoms with Gasteiger partial charge in [0.25, 0.3) is 0 Å². The lowest BCUT2D eigenvalue weighted by Gasteiger charge is -2.26. The number of benzene rings is 3. The Bertz CT molecular complexity index is 1060. The molecule has 1 aliphatic heterocycles. The first-order valence-electron chi connectivity index (χ1n) is 10.1. The third kappa shape index (κ3) is 4.45. The van der Waals surface area contributed by atoms with Crippen LogP contribution in [0.3, 0.4) is 0 Å². The van der Waals surface area contributed by atoms with Crippen molar-refractivity contribution in [1.82, 2.24) is 4.90 Å². The van der Waals surface area contributed by atoms with Crippen LogP contribution in [-0.2, 0) is 6.54 Å². The molecule has 30 heavy (non-hydrogen) atoms. The summed E-state index contributed by atoms with van der Waals surface area (Å²) in [6.45, 7) is 3.48. The normalized spacial score (nSPS) is 17.3. The molecule has 1 aliphatic rings. The van der Waals surface area contributed by atoms with Gasteiger partial charge >= 0.3 is 0 Å². The number of aliphatic imine (C=N–C) groups is 2. The van der Waals surface area contributed by atoms with Crippen molar-refractivity contribution in [3.05, 3.63) is 101 Å². The van der Waals surface area contributed by atoms with E-state index in [-0.39, 0.29) is 6.17 Å². The van der Waals surface area contributed by atoms with Crippen LogP contribution in [0, 0.1) is 0 Å². The van der Waals surface area contributed by atoms with Crippen molar-refractivity contribution in [3.63, 3.8) is 0 Å². The van der Waals surface area contributed by atoms with Gasteiger partial charge in [0.2, 0.25) is 0 Å². The van der Waals surface area contributed by atoms with Gasteiger partial charge in [0.1, 0.15) is 5.84 Å². The predicted octanol–water partition coefficient (Wildman–Crippen LogP) is 5.48. The van der Waals surface area contributed by atoms with Gasteiger partial charge in [0.15, 0.2) is 6.17 Å². The highest BCUT2D eigenvalue weighted by Gasteiger charge is 2.27. The number of halogens is 1. The molecule has 3 aromatic rings. The molecule has 0 fully saturated rings. The van der Waals surface area contributed by atoms with Crippen LogP contribution in [0.1, 0.15) is 23.6 Å². The van der Waals surface area contributed by atoms with Crippen LogP contribution in [0.4, 0.5) is 5.69 Å². The number of anilines is 1. The van der Waals surface area contributed by atoms with Crippen LogP contribution in [0.15, 0.2) is 88.8 Å². The van der Waals surface area contributed by atoms with E-state index in [9.17, 15) is 0 Å². The fourth-order valence-electron chi connectivity index (χ4n) is 3.66. The smallest absolute Gasteiger partial charge is 0.161 e. The maximum atomic E-state index is 6.36. The summed E-state index contributed by atoms with van der Waals surface area (Å²) in [5, 5.41) is 4.22. The van der Waals surface area contributed by atoms with Crippen molar-refractivity contribution in [2.24, 2.45) is 9.98 Å². The maximum Gasteiger partial charge on any atom is 0.161 e. The Morgan fingerprint density at radius 1 is 1.00 bits per heavy atom. The van der Waals surface area contributed by atoms with Gasteiger partial charge < -0.3 is 5.32 Å². The molecule has 0 spiro atoms. The number of nitrogens with one attached hydrogen (secondary N) is 1. The number of nitrogens with zero attached hydrogens (tertiary/aromatic N) is 3. The zero-order chi connectivity index (χ0) is 20.9. The van der Waals surface area contributed by atoms with E-state index in [2.05, 4.69) is 53.7 Å². The zero-order valence-corrected chi connectivity index (χ0v) is 18.0. The van der Waals surface area contributed by atoms with E-state index in [4.69, 9.17) is 21.6 Å². The number of hydrogen-bond donors (Lipinski definition) is 1. The molecule has 0 aliphatic carbocycles. The average molecular weight is 417 g/mol. The Hall–Kier alpha value is -2.95. The molecule has 3 aromatic carbocycles. The summed E-state index contributed by atoms with van der Waals surface area (Å²) in [6, 6.07) is 26.5. The monoisotopic (exact) mass is 416 g/mol. The van der Waals surface area contributed by atoms with E-state index in [1.54, 1.807) is 0 Å². The molecule has 4 rings (SSSR count). The van der Waals surface area contributed by atoms with Crippen molar-refractivity contribution in [3.8, 4) is 0 Å². The largest absolute Gasteiger partial charge is 0.341 e. The van der Waals surface area contributed by atoms with Crippen molar-refractivity contribution < 1.29 is 0 Å². The number of rotatable bonds is 5. The molecule has 4 nitrogen and oxygen atoms in total. The van der Waals surface area contributed by atoms with E-state index in [0.717, 1.165) is 34.9 Å². The topological polar surface area (TPSA) is 40.0 Å². The van der Waals surface area contributed by atoms with Gasteiger partial charge in [-0.2, -0.15) is 0 Å². The molecule has 0 radical (unpaired) electrons. The molecule has 5 heteroatoms. The number of likely N-dealkylation sites (N-methyl/N-ethyl adjacent to an activating group) is 1. The van der Waals surface area contributed by atoms with Crippen LogP contribution in [0.2, 0.25) is 5.02 Å². The first kappa shape index (κ1) is 20.3. The molecule has 1 atom stereocenters. The average Bonchev–Trinajstić information content (AvgIpc) is 2.92. The minimum Gasteiger partial charge on any atom is -0.341 e. The minimum atomic E-state index is -0.244. The molecule has 0 saturated heterocycles. The molecule has 0 saturated carbocycles. The highest BCUT2D eigenvalue weighted by molar-refractivity contribution is 6.32. The van der Waals surface area contributed by atoms with E-state index in [1.807, 2.05) is 49.4 Å². The fourth-order valence-corrected chi connectivity index (χ4v) is 3.83. The Kier molecular flexibility index (Phi) is 6.26. The Morgan fingerprint density at radius 2 is 1.70 bits per heavy atom. The number of amidine groups is 1. The van der Waals surface area contributed by atoms with E-state index in [0.29, 0.717) is 11.6 Å². The van der Waals surface area contributed by atoms with Crippen molar-refractivity contribution >= 4 is 28.8 Å². The molecule has 0 aromatic heterocycles. The van der Waals surface area contributed by atoms with Gasteiger partial charge in [-0.15, -0.1) is 0 Å². The molecular weight excluding hydrogens is 392 g/mol. The zero-order valence-electron chi connectivity index (χ0n) is 17.2. The van der Waals surface area contributed by atoms with Gasteiger partial charge in [-0.25, -0.2) is 0 Å². The van der Waals surface area contributed by atoms with Crippen molar-refractivity contribution in [2.75, 3.05) is 18.9 Å². The summed E-state index contributed by atoms with van der Waals surface area (Å²) >= 11 is 6.36. The van der Waals surface area contributed by atoms with E-state index < -0.39 is 0 Å². The van der Waals surface area contributed by atoms with Crippen LogP contribution in [-0.4, -0.2) is 36.2 Å². The second-order valence-corrected chi connectivity index (χ2v) is 7.73. The maximum absolute atomic E-state index is 6.36. The molecule has 1 heterocycles. The van der Waals surface area contributed by atoms with Gasteiger partial charge in [-0.3, -0.25) is 14.9 Å². The molecular formula is C25H25ClN4. The Balaban J connectivity index is 1.83. The van der Waals surface area contributed by atoms with E-state index in [1.165, 1.54) is 5.56 Å². The van der Waals surface area contributed by atoms with Gasteiger partial charge in [-0.1, -0.05) is 72.3 Å². The second kappa shape index (κ2) is 9.24. The number of benzodiazepines with no additional fused rings is 1. The Labute approximate surface area is 182 Å². The summed E-state index contributed by atoms with van der Waals surface area (Å²) < 4.78 is 0. The fraction of sp³-hybridized carbons (Fsp3) is 0.200. The first-order chi connectivity index (χ1) is 14.7. The van der Waals surface area contributed by atoms with Gasteiger partial charge in [-0.05, 0) is 37.7 Å². The van der Waals surface area contributed by atoms with E-state index >= 15 is 0 Å². The third-order valence-corrected chi connectivity index (χ3v) is 5.30. The lowest BCUT2D eigenvalue weighted by atomic mass is 10.0. The first-order valence-corrected chi connectivity index (χ1v) is 10.5. The predicted molar refractivity (Wildman–Crippen MR) is 127 cm³/mol. The minimum absolute atomic E-state index is 0.244. The number of hydrogen-bond acceptors (Lipinski definition) is 3. The molecule has 1 unspecified atom stereocenters. The Morgan fingerprint density at radius 3 is 2.40 bits per heavy atom. The highest BCUT2D eigenvalue weighted by atomic mass is 35.5. The van der Waals surface area contributed by atoms with Crippen LogP contribution >= 0.6 is 11.6 Å². The SMILES string of the molecule is CCN=C1Nc2ccc(Cl)cc2C(c2ccccc2)=NC1N(C)Cc1ccccc1. The molecule has 0 bridgehead atoms. The van der Waals surface area contributed by atoms with Crippen LogP contribution in [0.5, 0.6) is 0 Å². The summed E-state index contributed by atoms with van der Waals surface area (Å²) in [4.78, 5) is 12.2. The van der Waals surface area contributed by atoms with Crippen molar-refractivity contribution in [2.45, 2.75) is 19.6 Å². The lowest BCUT2D eigenvalue weighted by molar-refractivity contribution is 0.295. The lowest BCUT2D eigenvalue weighted by Crippen LogP contribution is -2.40. The molecule has 0 amide bonds. The summed E-state index contributed by atoms with van der Waals surface area (Å²) in [6.07, 6.45) is -0.244. The van der Waals surface area contributed by atoms with Gasteiger partial charge in [0.05, 0.1) is 5.71 Å². The summed E-state index contributed by atoms with van der Waals surface area (Å²) in [5.41, 5.74) is 5.14.